The summed E-state index contributed by atoms with van der Waals surface area (Å²) in [6.07, 6.45) is 3.65. The first-order valence-electron chi connectivity index (χ1n) is 11.6. The van der Waals surface area contributed by atoms with Gasteiger partial charge in [-0.15, -0.1) is 0 Å². The monoisotopic (exact) mass is 438 g/mol. The number of anilines is 1. The molecule has 1 aromatic heterocycles. The lowest BCUT2D eigenvalue weighted by atomic mass is 9.74. The number of piperidine rings is 1. The number of methoxy groups -OCH3 is 1. The van der Waals surface area contributed by atoms with Crippen LogP contribution in [0.1, 0.15) is 42.6 Å². The fourth-order valence-corrected chi connectivity index (χ4v) is 4.90. The molecule has 7 nitrogen and oxygen atoms in total. The number of ether oxygens (including phenoxy) is 2. The third-order valence-electron chi connectivity index (χ3n) is 6.80. The highest BCUT2D eigenvalue weighted by Gasteiger charge is 2.36. The zero-order chi connectivity index (χ0) is 22.6. The number of rotatable bonds is 6. The van der Waals surface area contributed by atoms with E-state index in [1.54, 1.807) is 7.11 Å². The Kier molecular flexibility index (Phi) is 6.94. The van der Waals surface area contributed by atoms with Gasteiger partial charge in [-0.05, 0) is 63.3 Å². The summed E-state index contributed by atoms with van der Waals surface area (Å²) < 4.78 is 11.0. The van der Waals surface area contributed by atoms with Crippen LogP contribution in [0.2, 0.25) is 0 Å². The number of aromatic nitrogens is 2. The Labute approximate surface area is 190 Å². The van der Waals surface area contributed by atoms with Crippen LogP contribution in [-0.4, -0.2) is 55.8 Å². The Morgan fingerprint density at radius 1 is 1.19 bits per heavy atom. The van der Waals surface area contributed by atoms with E-state index in [1.807, 2.05) is 32.0 Å². The molecule has 3 heterocycles. The van der Waals surface area contributed by atoms with Crippen LogP contribution in [0.15, 0.2) is 30.3 Å². The molecule has 4 rings (SSSR count). The Balaban J connectivity index is 1.43. The van der Waals surface area contributed by atoms with Crippen LogP contribution in [0, 0.1) is 19.8 Å². The van der Waals surface area contributed by atoms with Crippen molar-refractivity contribution in [3.8, 4) is 5.75 Å². The average Bonchev–Trinajstić information content (AvgIpc) is 2.82. The number of benzene rings is 1. The molecular formula is C25H34N4O3. The fraction of sp³-hybridized carbons (Fsp3) is 0.560. The summed E-state index contributed by atoms with van der Waals surface area (Å²) in [5.74, 6) is 1.65. The summed E-state index contributed by atoms with van der Waals surface area (Å²) >= 11 is 0. The lowest BCUT2D eigenvalue weighted by Gasteiger charge is -2.39. The molecule has 1 amide bonds. The van der Waals surface area contributed by atoms with E-state index in [1.165, 1.54) is 5.56 Å². The van der Waals surface area contributed by atoms with Crippen molar-refractivity contribution in [1.82, 2.24) is 15.3 Å². The van der Waals surface area contributed by atoms with Crippen molar-refractivity contribution >= 4 is 11.9 Å². The second-order valence-corrected chi connectivity index (χ2v) is 9.07. The van der Waals surface area contributed by atoms with Crippen molar-refractivity contribution in [1.29, 1.82) is 0 Å². The van der Waals surface area contributed by atoms with Gasteiger partial charge in [-0.25, -0.2) is 9.97 Å². The van der Waals surface area contributed by atoms with Gasteiger partial charge in [0.2, 0.25) is 11.9 Å². The Morgan fingerprint density at radius 3 is 2.53 bits per heavy atom. The van der Waals surface area contributed by atoms with Gasteiger partial charge in [-0.2, -0.15) is 0 Å². The van der Waals surface area contributed by atoms with Crippen molar-refractivity contribution in [2.75, 3.05) is 44.9 Å². The molecule has 2 aliphatic rings. The molecule has 7 heteroatoms. The number of hydrogen-bond acceptors (Lipinski definition) is 6. The predicted molar refractivity (Wildman–Crippen MR) is 124 cm³/mol. The van der Waals surface area contributed by atoms with Gasteiger partial charge < -0.3 is 19.7 Å². The molecule has 2 saturated heterocycles. The molecular weight excluding hydrogens is 404 g/mol. The molecule has 0 spiro atoms. The second-order valence-electron chi connectivity index (χ2n) is 9.07. The first-order valence-corrected chi connectivity index (χ1v) is 11.6. The van der Waals surface area contributed by atoms with Crippen LogP contribution >= 0.6 is 0 Å². The second kappa shape index (κ2) is 9.86. The molecule has 0 radical (unpaired) electrons. The van der Waals surface area contributed by atoms with Gasteiger partial charge in [0, 0.05) is 49.7 Å². The van der Waals surface area contributed by atoms with Crippen molar-refractivity contribution < 1.29 is 14.3 Å². The molecule has 2 fully saturated rings. The zero-order valence-electron chi connectivity index (χ0n) is 19.4. The van der Waals surface area contributed by atoms with E-state index in [2.05, 4.69) is 32.3 Å². The van der Waals surface area contributed by atoms with E-state index < -0.39 is 0 Å². The van der Waals surface area contributed by atoms with Crippen LogP contribution in [-0.2, 0) is 14.9 Å². The molecule has 1 atom stereocenters. The maximum Gasteiger partial charge on any atom is 0.225 e. The standard InChI is InChI=1S/C25H34N4O3/c1-18-15-19(2)28-24(27-18)29-12-4-5-20(16-29)23(30)26-17-25(10-13-32-14-11-25)21-6-8-22(31-3)9-7-21/h6-9,15,20H,4-5,10-14,16-17H2,1-3H3,(H,26,30). The van der Waals surface area contributed by atoms with Gasteiger partial charge in [0.05, 0.1) is 13.0 Å². The first-order chi connectivity index (χ1) is 15.5. The highest BCUT2D eigenvalue weighted by molar-refractivity contribution is 5.79. The van der Waals surface area contributed by atoms with E-state index in [0.29, 0.717) is 26.3 Å². The van der Waals surface area contributed by atoms with Crippen LogP contribution in [0.4, 0.5) is 5.95 Å². The number of nitrogens with one attached hydrogen (secondary N) is 1. The normalized spacial score (nSPS) is 20.6. The van der Waals surface area contributed by atoms with Crippen molar-refractivity contribution in [3.63, 3.8) is 0 Å². The van der Waals surface area contributed by atoms with E-state index in [-0.39, 0.29) is 17.2 Å². The van der Waals surface area contributed by atoms with Gasteiger partial charge >= 0.3 is 0 Å². The van der Waals surface area contributed by atoms with Crippen molar-refractivity contribution in [2.24, 2.45) is 5.92 Å². The molecule has 1 unspecified atom stereocenters. The third kappa shape index (κ3) is 5.04. The minimum atomic E-state index is -0.106. The molecule has 0 saturated carbocycles. The molecule has 32 heavy (non-hydrogen) atoms. The van der Waals surface area contributed by atoms with Crippen molar-refractivity contribution in [2.45, 2.75) is 44.9 Å². The van der Waals surface area contributed by atoms with Gasteiger partial charge in [-0.1, -0.05) is 12.1 Å². The zero-order valence-corrected chi connectivity index (χ0v) is 19.4. The fourth-order valence-electron chi connectivity index (χ4n) is 4.90. The summed E-state index contributed by atoms with van der Waals surface area (Å²) in [6, 6.07) is 10.2. The van der Waals surface area contributed by atoms with Gasteiger partial charge in [-0.3, -0.25) is 4.79 Å². The highest BCUT2D eigenvalue weighted by Crippen LogP contribution is 2.35. The SMILES string of the molecule is COc1ccc(C2(CNC(=O)C3CCCN(c4nc(C)cc(C)n4)C3)CCOCC2)cc1. The lowest BCUT2D eigenvalue weighted by Crippen LogP contribution is -2.49. The topological polar surface area (TPSA) is 76.6 Å². The first kappa shape index (κ1) is 22.5. The minimum absolute atomic E-state index is 0.0547. The number of aryl methyl sites for hydroxylation is 2. The number of carbonyl (C=O) groups is 1. The van der Waals surface area contributed by atoms with Crippen LogP contribution in [0.3, 0.4) is 0 Å². The largest absolute Gasteiger partial charge is 0.497 e. The van der Waals surface area contributed by atoms with E-state index >= 15 is 0 Å². The summed E-state index contributed by atoms with van der Waals surface area (Å²) in [7, 11) is 1.68. The minimum Gasteiger partial charge on any atom is -0.497 e. The smallest absolute Gasteiger partial charge is 0.225 e. The summed E-state index contributed by atoms with van der Waals surface area (Å²) in [5, 5.41) is 3.29. The number of carbonyl (C=O) groups excluding carboxylic acids is 1. The maximum absolute atomic E-state index is 13.2. The summed E-state index contributed by atoms with van der Waals surface area (Å²) in [6.45, 7) is 7.56. The van der Waals surface area contributed by atoms with E-state index in [4.69, 9.17) is 9.47 Å². The predicted octanol–water partition coefficient (Wildman–Crippen LogP) is 3.18. The molecule has 1 aromatic carbocycles. The molecule has 0 aliphatic carbocycles. The molecule has 2 aromatic rings. The van der Waals surface area contributed by atoms with Gasteiger partial charge in [0.1, 0.15) is 5.75 Å². The quantitative estimate of drug-likeness (QED) is 0.747. The molecule has 172 valence electrons. The number of hydrogen-bond donors (Lipinski definition) is 1. The Bertz CT molecular complexity index is 905. The third-order valence-corrected chi connectivity index (χ3v) is 6.80. The van der Waals surface area contributed by atoms with E-state index in [0.717, 1.165) is 55.3 Å². The summed E-state index contributed by atoms with van der Waals surface area (Å²) in [4.78, 5) is 24.5. The Morgan fingerprint density at radius 2 is 1.88 bits per heavy atom. The number of nitrogens with zero attached hydrogens (tertiary/aromatic N) is 3. The lowest BCUT2D eigenvalue weighted by molar-refractivity contribution is -0.125. The molecule has 2 aliphatic heterocycles. The maximum atomic E-state index is 13.2. The van der Waals surface area contributed by atoms with Crippen LogP contribution < -0.4 is 15.0 Å². The number of amides is 1. The molecule has 0 bridgehead atoms. The highest BCUT2D eigenvalue weighted by atomic mass is 16.5. The average molecular weight is 439 g/mol. The van der Waals surface area contributed by atoms with Crippen LogP contribution in [0.25, 0.3) is 0 Å². The van der Waals surface area contributed by atoms with E-state index in [9.17, 15) is 4.79 Å². The van der Waals surface area contributed by atoms with Gasteiger partial charge in [0.15, 0.2) is 0 Å². The van der Waals surface area contributed by atoms with Crippen molar-refractivity contribution in [3.05, 3.63) is 47.3 Å². The van der Waals surface area contributed by atoms with Gasteiger partial charge in [0.25, 0.3) is 0 Å². The Hall–Kier alpha value is -2.67. The summed E-state index contributed by atoms with van der Waals surface area (Å²) in [5.41, 5.74) is 3.04. The van der Waals surface area contributed by atoms with Crippen LogP contribution in [0.5, 0.6) is 5.75 Å². The molecule has 1 N–H and O–H groups in total.